The highest BCUT2D eigenvalue weighted by atomic mass is 32.1. The zero-order valence-electron chi connectivity index (χ0n) is 11.5. The van der Waals surface area contributed by atoms with Gasteiger partial charge in [-0.25, -0.2) is 4.98 Å². The predicted octanol–water partition coefficient (Wildman–Crippen LogP) is 1.25. The summed E-state index contributed by atoms with van der Waals surface area (Å²) in [5.74, 6) is -0.248. The van der Waals surface area contributed by atoms with Crippen LogP contribution in [0.2, 0.25) is 0 Å². The third kappa shape index (κ3) is 5.01. The number of hydrogen-bond donors (Lipinski definition) is 0. The van der Waals surface area contributed by atoms with E-state index in [0.717, 1.165) is 30.3 Å². The fourth-order valence-corrected chi connectivity index (χ4v) is 2.31. The van der Waals surface area contributed by atoms with E-state index in [1.165, 1.54) is 7.11 Å². The van der Waals surface area contributed by atoms with E-state index in [1.807, 2.05) is 12.4 Å². The fourth-order valence-electron chi connectivity index (χ4n) is 1.49. The van der Waals surface area contributed by atoms with E-state index in [1.54, 1.807) is 11.3 Å². The monoisotopic (exact) mass is 271 g/mol. The average Bonchev–Trinajstić information content (AvgIpc) is 2.76. The van der Waals surface area contributed by atoms with E-state index >= 15 is 0 Å². The summed E-state index contributed by atoms with van der Waals surface area (Å²) in [6.07, 6.45) is 1.34. The van der Waals surface area contributed by atoms with E-state index in [2.05, 4.69) is 33.6 Å². The first-order chi connectivity index (χ1) is 8.52. The van der Waals surface area contributed by atoms with Crippen molar-refractivity contribution in [2.45, 2.75) is 12.8 Å². The summed E-state index contributed by atoms with van der Waals surface area (Å²) in [7, 11) is 7.55. The number of carbonyl (C=O) groups is 1. The van der Waals surface area contributed by atoms with Gasteiger partial charge in [-0.3, -0.25) is 4.79 Å². The Morgan fingerprint density at radius 1 is 1.39 bits per heavy atom. The van der Waals surface area contributed by atoms with Crippen molar-refractivity contribution in [3.63, 3.8) is 0 Å². The van der Waals surface area contributed by atoms with Gasteiger partial charge < -0.3 is 14.5 Å². The van der Waals surface area contributed by atoms with Gasteiger partial charge >= 0.3 is 5.97 Å². The number of aromatic nitrogens is 1. The third-order valence-corrected chi connectivity index (χ3v) is 3.52. The maximum Gasteiger partial charge on any atom is 0.311 e. The molecule has 18 heavy (non-hydrogen) atoms. The lowest BCUT2D eigenvalue weighted by Crippen LogP contribution is -2.23. The van der Waals surface area contributed by atoms with Crippen molar-refractivity contribution in [1.82, 2.24) is 9.88 Å². The van der Waals surface area contributed by atoms with Gasteiger partial charge in [-0.1, -0.05) is 0 Å². The molecular formula is C12H21N3O2S. The van der Waals surface area contributed by atoms with Gasteiger partial charge in [-0.2, -0.15) is 0 Å². The number of hydrogen-bond acceptors (Lipinski definition) is 6. The molecule has 0 aliphatic rings. The molecule has 1 aromatic rings. The Labute approximate surface area is 112 Å². The third-order valence-electron chi connectivity index (χ3n) is 2.52. The van der Waals surface area contributed by atoms with Gasteiger partial charge in [0, 0.05) is 19.0 Å². The second-order valence-corrected chi connectivity index (χ2v) is 5.29. The Hall–Kier alpha value is -1.14. The molecule has 0 amide bonds. The summed E-state index contributed by atoms with van der Waals surface area (Å²) in [5, 5.41) is 2.86. The number of thiazole rings is 1. The van der Waals surface area contributed by atoms with Gasteiger partial charge in [0.2, 0.25) is 0 Å². The molecule has 0 radical (unpaired) electrons. The summed E-state index contributed by atoms with van der Waals surface area (Å²) in [4.78, 5) is 19.8. The van der Waals surface area contributed by atoms with Gasteiger partial charge in [-0.15, -0.1) is 11.3 Å². The Kier molecular flexibility index (Phi) is 6.07. The van der Waals surface area contributed by atoms with Crippen LogP contribution in [-0.2, 0) is 16.0 Å². The van der Waals surface area contributed by atoms with Crippen LogP contribution in [0.4, 0.5) is 5.13 Å². The number of anilines is 1. The normalized spacial score (nSPS) is 10.7. The van der Waals surface area contributed by atoms with E-state index in [4.69, 9.17) is 0 Å². The highest BCUT2D eigenvalue weighted by Crippen LogP contribution is 2.19. The zero-order chi connectivity index (χ0) is 13.5. The van der Waals surface area contributed by atoms with Gasteiger partial charge in [0.25, 0.3) is 0 Å². The second kappa shape index (κ2) is 7.33. The molecule has 1 aromatic heterocycles. The summed E-state index contributed by atoms with van der Waals surface area (Å²) >= 11 is 1.56. The van der Waals surface area contributed by atoms with Crippen LogP contribution in [0.25, 0.3) is 0 Å². The summed E-state index contributed by atoms with van der Waals surface area (Å²) in [6.45, 7) is 2.02. The highest BCUT2D eigenvalue weighted by Gasteiger charge is 2.10. The average molecular weight is 271 g/mol. The molecule has 0 N–H and O–H groups in total. The first kappa shape index (κ1) is 14.9. The fraction of sp³-hybridized carbons (Fsp3) is 0.667. The number of carbonyl (C=O) groups excluding carboxylic acids is 1. The number of nitrogens with zero attached hydrogens (tertiary/aromatic N) is 3. The first-order valence-corrected chi connectivity index (χ1v) is 6.78. The second-order valence-electron chi connectivity index (χ2n) is 4.45. The van der Waals surface area contributed by atoms with Crippen molar-refractivity contribution in [3.05, 3.63) is 11.1 Å². The molecule has 0 fully saturated rings. The molecular weight excluding hydrogens is 250 g/mol. The molecule has 1 rings (SSSR count). The van der Waals surface area contributed by atoms with Crippen molar-refractivity contribution in [3.8, 4) is 0 Å². The molecule has 0 saturated carbocycles. The Morgan fingerprint density at radius 2 is 2.11 bits per heavy atom. The quantitative estimate of drug-likeness (QED) is 0.698. The molecule has 0 unspecified atom stereocenters. The lowest BCUT2D eigenvalue weighted by molar-refractivity contribution is -0.139. The Balaban J connectivity index is 2.44. The summed E-state index contributed by atoms with van der Waals surface area (Å²) in [5.41, 5.74) is 0.779. The van der Waals surface area contributed by atoms with Crippen LogP contribution in [0.5, 0.6) is 0 Å². The van der Waals surface area contributed by atoms with Crippen molar-refractivity contribution >= 4 is 22.4 Å². The number of rotatable bonds is 7. The summed E-state index contributed by atoms with van der Waals surface area (Å²) in [6, 6.07) is 0. The van der Waals surface area contributed by atoms with E-state index in [0.29, 0.717) is 0 Å². The van der Waals surface area contributed by atoms with Crippen molar-refractivity contribution < 1.29 is 9.53 Å². The first-order valence-electron chi connectivity index (χ1n) is 5.90. The molecule has 0 aliphatic carbocycles. The minimum Gasteiger partial charge on any atom is -0.469 e. The van der Waals surface area contributed by atoms with E-state index in [9.17, 15) is 4.79 Å². The molecule has 0 saturated heterocycles. The number of ether oxygens (including phenoxy) is 1. The van der Waals surface area contributed by atoms with Crippen molar-refractivity contribution in [1.29, 1.82) is 0 Å². The maximum absolute atomic E-state index is 11.1. The molecule has 1 heterocycles. The lowest BCUT2D eigenvalue weighted by Gasteiger charge is -2.17. The molecule has 102 valence electrons. The van der Waals surface area contributed by atoms with Crippen molar-refractivity contribution in [2.24, 2.45) is 0 Å². The summed E-state index contributed by atoms with van der Waals surface area (Å²) < 4.78 is 4.62. The standard InChI is InChI=1S/C12H21N3O2S/c1-14(2)6-5-7-15(3)12-13-10(9-18-12)8-11(16)17-4/h9H,5-8H2,1-4H3. The van der Waals surface area contributed by atoms with Crippen LogP contribution in [-0.4, -0.2) is 57.2 Å². The van der Waals surface area contributed by atoms with Crippen LogP contribution >= 0.6 is 11.3 Å². The van der Waals surface area contributed by atoms with Gasteiger partial charge in [0.05, 0.1) is 19.2 Å². The Bertz CT molecular complexity index is 379. The zero-order valence-corrected chi connectivity index (χ0v) is 12.3. The van der Waals surface area contributed by atoms with Crippen LogP contribution in [0.3, 0.4) is 0 Å². The maximum atomic E-state index is 11.1. The Morgan fingerprint density at radius 3 is 2.72 bits per heavy atom. The SMILES string of the molecule is COC(=O)Cc1csc(N(C)CCCN(C)C)n1. The van der Waals surface area contributed by atoms with E-state index < -0.39 is 0 Å². The molecule has 0 atom stereocenters. The van der Waals surface area contributed by atoms with Crippen LogP contribution in [0, 0.1) is 0 Å². The van der Waals surface area contributed by atoms with Crippen LogP contribution < -0.4 is 4.90 Å². The van der Waals surface area contributed by atoms with Crippen LogP contribution in [0.15, 0.2) is 5.38 Å². The molecule has 6 heteroatoms. The number of esters is 1. The number of methoxy groups -OCH3 is 1. The minimum absolute atomic E-state index is 0.248. The van der Waals surface area contributed by atoms with Crippen LogP contribution in [0.1, 0.15) is 12.1 Å². The molecule has 0 aromatic carbocycles. The van der Waals surface area contributed by atoms with Gasteiger partial charge in [-0.05, 0) is 27.1 Å². The van der Waals surface area contributed by atoms with Crippen molar-refractivity contribution in [2.75, 3.05) is 46.2 Å². The lowest BCUT2D eigenvalue weighted by atomic mass is 10.3. The highest BCUT2D eigenvalue weighted by molar-refractivity contribution is 7.13. The van der Waals surface area contributed by atoms with Gasteiger partial charge in [0.1, 0.15) is 0 Å². The topological polar surface area (TPSA) is 45.7 Å². The molecule has 0 bridgehead atoms. The predicted molar refractivity (Wildman–Crippen MR) is 74.3 cm³/mol. The van der Waals surface area contributed by atoms with Gasteiger partial charge in [0.15, 0.2) is 5.13 Å². The molecule has 0 spiro atoms. The molecule has 0 aliphatic heterocycles. The van der Waals surface area contributed by atoms with E-state index in [-0.39, 0.29) is 12.4 Å². The largest absolute Gasteiger partial charge is 0.469 e. The smallest absolute Gasteiger partial charge is 0.311 e. The minimum atomic E-state index is -0.248. The molecule has 5 nitrogen and oxygen atoms in total.